The van der Waals surface area contributed by atoms with Crippen LogP contribution in [0.25, 0.3) is 0 Å². The van der Waals surface area contributed by atoms with Crippen molar-refractivity contribution in [1.29, 1.82) is 0 Å². The van der Waals surface area contributed by atoms with E-state index in [4.69, 9.17) is 4.21 Å². The SMILES string of the molecule is [CH2]C[S+]=O. The Morgan fingerprint density at radius 1 is 2.00 bits per heavy atom. The Bertz CT molecular complexity index is 20.0. The van der Waals surface area contributed by atoms with Gasteiger partial charge < -0.3 is 0 Å². The number of hydrogen-bond donors (Lipinski definition) is 0. The normalized spacial score (nSPS) is 6.25. The van der Waals surface area contributed by atoms with Crippen molar-refractivity contribution >= 4 is 11.7 Å². The molecule has 1 radical (unpaired) electrons. The van der Waals surface area contributed by atoms with E-state index in [0.717, 1.165) is 0 Å². The van der Waals surface area contributed by atoms with Gasteiger partial charge in [0, 0.05) is 11.1 Å². The molecule has 0 aromatic rings. The van der Waals surface area contributed by atoms with Gasteiger partial charge in [0.25, 0.3) is 0 Å². The van der Waals surface area contributed by atoms with Crippen molar-refractivity contribution in [3.8, 4) is 0 Å². The van der Waals surface area contributed by atoms with Crippen LogP contribution in [0.2, 0.25) is 0 Å². The van der Waals surface area contributed by atoms with Crippen molar-refractivity contribution in [3.63, 3.8) is 0 Å². The van der Waals surface area contributed by atoms with Crippen LogP contribution in [0.4, 0.5) is 0 Å². The average molecular weight is 76.1 g/mol. The molecule has 0 saturated heterocycles. The summed E-state index contributed by atoms with van der Waals surface area (Å²) >= 11 is 0.495. The fourth-order valence-corrected chi connectivity index (χ4v) is 0. The third-order valence-corrected chi connectivity index (χ3v) is 0.250. The van der Waals surface area contributed by atoms with Crippen molar-refractivity contribution < 1.29 is 4.21 Å². The molecule has 23 valence electrons. The van der Waals surface area contributed by atoms with Gasteiger partial charge in [-0.25, -0.2) is 0 Å². The monoisotopic (exact) mass is 76.0 g/mol. The molecule has 0 heterocycles. The van der Waals surface area contributed by atoms with Crippen LogP contribution >= 0.6 is 0 Å². The van der Waals surface area contributed by atoms with Gasteiger partial charge >= 0.3 is 11.7 Å². The Hall–Kier alpha value is 0.0200. The minimum absolute atomic E-state index is 0.431. The van der Waals surface area contributed by atoms with Gasteiger partial charge in [-0.15, -0.1) is 0 Å². The Kier molecular flexibility index (Phi) is 3.04. The molecule has 0 fully saturated rings. The lowest BCUT2D eigenvalue weighted by molar-refractivity contribution is 0.606. The summed E-state index contributed by atoms with van der Waals surface area (Å²) in [5, 5.41) is 0. The van der Waals surface area contributed by atoms with Crippen LogP contribution in [0, 0.1) is 6.92 Å². The number of rotatable bonds is 1. The van der Waals surface area contributed by atoms with Gasteiger partial charge in [0.2, 0.25) is 5.75 Å². The van der Waals surface area contributed by atoms with E-state index in [1.54, 1.807) is 0 Å². The topological polar surface area (TPSA) is 17.1 Å². The van der Waals surface area contributed by atoms with Crippen LogP contribution in [-0.2, 0) is 15.9 Å². The van der Waals surface area contributed by atoms with E-state index >= 15 is 0 Å². The van der Waals surface area contributed by atoms with Crippen molar-refractivity contribution in [2.75, 3.05) is 5.75 Å². The third-order valence-electron chi connectivity index (χ3n) is 0.0833. The molecule has 0 amide bonds. The molecule has 0 N–H and O–H groups in total. The molecule has 0 spiro atoms. The quantitative estimate of drug-likeness (QED) is 0.409. The van der Waals surface area contributed by atoms with E-state index in [1.807, 2.05) is 0 Å². The molecule has 4 heavy (non-hydrogen) atoms. The zero-order chi connectivity index (χ0) is 3.41. The molecule has 0 aromatic heterocycles. The van der Waals surface area contributed by atoms with Gasteiger partial charge in [-0.05, 0) is 0 Å². The third kappa shape index (κ3) is 2.02. The first kappa shape index (κ1) is 4.02. The maximum Gasteiger partial charge on any atom is 0.458 e. The first-order chi connectivity index (χ1) is 1.91. The highest BCUT2D eigenvalue weighted by molar-refractivity contribution is 7.65. The Balaban J connectivity index is 2.30. The molecule has 0 atom stereocenters. The second-order valence-electron chi connectivity index (χ2n) is 0.322. The Morgan fingerprint density at radius 3 is 2.25 bits per heavy atom. The average Bonchev–Trinajstić information content (AvgIpc) is 1.37. The second kappa shape index (κ2) is 3.02. The predicted molar refractivity (Wildman–Crippen MR) is 18.3 cm³/mol. The maximum absolute atomic E-state index is 9.15. The van der Waals surface area contributed by atoms with Gasteiger partial charge in [0.05, 0.1) is 0 Å². The highest BCUT2D eigenvalue weighted by Crippen LogP contribution is 1.43. The molecule has 0 aliphatic heterocycles. The fraction of sp³-hybridized carbons (Fsp3) is 0.500. The van der Waals surface area contributed by atoms with Crippen LogP contribution in [0.15, 0.2) is 0 Å². The minimum atomic E-state index is 0.431. The summed E-state index contributed by atoms with van der Waals surface area (Å²) in [5.74, 6) is 0.431. The lowest BCUT2D eigenvalue weighted by Gasteiger charge is -1.28. The second-order valence-corrected chi connectivity index (χ2v) is 0.966. The lowest BCUT2D eigenvalue weighted by atomic mass is 11.0. The summed E-state index contributed by atoms with van der Waals surface area (Å²) in [6.07, 6.45) is 0. The molecule has 0 aliphatic carbocycles. The van der Waals surface area contributed by atoms with E-state index < -0.39 is 0 Å². The summed E-state index contributed by atoms with van der Waals surface area (Å²) in [4.78, 5) is 0. The first-order valence-electron chi connectivity index (χ1n) is 0.955. The smallest absolute Gasteiger partial charge is 0.0113 e. The van der Waals surface area contributed by atoms with Crippen LogP contribution in [0.5, 0.6) is 0 Å². The van der Waals surface area contributed by atoms with Crippen molar-refractivity contribution in [3.05, 3.63) is 6.92 Å². The van der Waals surface area contributed by atoms with Gasteiger partial charge in [-0.2, -0.15) is 0 Å². The Labute approximate surface area is 29.5 Å². The van der Waals surface area contributed by atoms with Crippen molar-refractivity contribution in [2.24, 2.45) is 0 Å². The van der Waals surface area contributed by atoms with Gasteiger partial charge in [-0.1, -0.05) is 0 Å². The first-order valence-corrected chi connectivity index (χ1v) is 1.87. The summed E-state index contributed by atoms with van der Waals surface area (Å²) in [7, 11) is 0. The van der Waals surface area contributed by atoms with Crippen LogP contribution < -0.4 is 0 Å². The van der Waals surface area contributed by atoms with Crippen LogP contribution in [-0.4, -0.2) is 5.75 Å². The lowest BCUT2D eigenvalue weighted by Crippen LogP contribution is -1.60. The van der Waals surface area contributed by atoms with Crippen LogP contribution in [0.1, 0.15) is 0 Å². The van der Waals surface area contributed by atoms with E-state index in [1.165, 1.54) is 0 Å². The molecular formula is C2H4OS+. The zero-order valence-electron chi connectivity index (χ0n) is 2.23. The summed E-state index contributed by atoms with van der Waals surface area (Å²) in [5.41, 5.74) is 0. The highest BCUT2D eigenvalue weighted by Gasteiger charge is 1.77. The van der Waals surface area contributed by atoms with E-state index in [0.29, 0.717) is 17.4 Å². The zero-order valence-corrected chi connectivity index (χ0v) is 3.05. The van der Waals surface area contributed by atoms with E-state index in [2.05, 4.69) is 6.92 Å². The fourth-order valence-electron chi connectivity index (χ4n) is 0. The van der Waals surface area contributed by atoms with Crippen molar-refractivity contribution in [2.45, 2.75) is 0 Å². The standard InChI is InChI=1S/C2H4OS/c1-2-4-3/h1-2H2/q+1. The van der Waals surface area contributed by atoms with Gasteiger partial charge in [-0.3, -0.25) is 0 Å². The largest absolute Gasteiger partial charge is 0.458 e. The molecule has 0 bridgehead atoms. The highest BCUT2D eigenvalue weighted by atomic mass is 32.1. The summed E-state index contributed by atoms with van der Waals surface area (Å²) < 4.78 is 9.15. The predicted octanol–water partition coefficient (Wildman–Crippen LogP) is 0.249. The van der Waals surface area contributed by atoms with E-state index in [9.17, 15) is 0 Å². The molecule has 0 unspecified atom stereocenters. The Morgan fingerprint density at radius 2 is 2.25 bits per heavy atom. The molecule has 0 saturated carbocycles. The summed E-state index contributed by atoms with van der Waals surface area (Å²) in [6.45, 7) is 3.25. The molecular weight excluding hydrogens is 72.1 g/mol. The molecule has 0 aromatic carbocycles. The van der Waals surface area contributed by atoms with E-state index in [-0.39, 0.29) is 0 Å². The van der Waals surface area contributed by atoms with Gasteiger partial charge in [0.15, 0.2) is 0 Å². The van der Waals surface area contributed by atoms with Gasteiger partial charge in [0.1, 0.15) is 0 Å². The summed E-state index contributed by atoms with van der Waals surface area (Å²) in [6, 6.07) is 0. The molecule has 0 aliphatic rings. The minimum Gasteiger partial charge on any atom is 0.0113 e. The van der Waals surface area contributed by atoms with Crippen LogP contribution in [0.3, 0.4) is 0 Å². The maximum atomic E-state index is 9.15. The number of hydrogen-bond acceptors (Lipinski definition) is 1. The molecule has 1 nitrogen and oxygen atoms in total. The molecule has 0 rings (SSSR count). The van der Waals surface area contributed by atoms with Crippen molar-refractivity contribution in [1.82, 2.24) is 0 Å². The molecule has 2 heteroatoms.